The zero-order chi connectivity index (χ0) is 16.3. The molecule has 1 saturated carbocycles. The monoisotopic (exact) mass is 440 g/mol. The van der Waals surface area contributed by atoms with Crippen molar-refractivity contribution < 1.29 is 4.74 Å². The van der Waals surface area contributed by atoms with E-state index in [-0.39, 0.29) is 24.0 Å². The van der Waals surface area contributed by atoms with Crippen LogP contribution in [0.4, 0.5) is 0 Å². The Balaban J connectivity index is 0.00000484. The molecule has 0 amide bonds. The van der Waals surface area contributed by atoms with Crippen molar-refractivity contribution in [2.75, 3.05) is 53.5 Å². The van der Waals surface area contributed by atoms with Gasteiger partial charge in [0.2, 0.25) is 0 Å². The summed E-state index contributed by atoms with van der Waals surface area (Å²) in [7, 11) is 3.91. The van der Waals surface area contributed by atoms with Crippen LogP contribution < -0.4 is 10.6 Å². The molecule has 138 valence electrons. The molecule has 1 aliphatic rings. The lowest BCUT2D eigenvalue weighted by Gasteiger charge is -2.22. The van der Waals surface area contributed by atoms with Gasteiger partial charge >= 0.3 is 0 Å². The molecule has 1 fully saturated rings. The number of methoxy groups -OCH3 is 1. The minimum absolute atomic E-state index is 0. The molecule has 2 N–H and O–H groups in total. The normalized spacial score (nSPS) is 17.2. The molecule has 5 nitrogen and oxygen atoms in total. The van der Waals surface area contributed by atoms with Crippen LogP contribution in [0.5, 0.6) is 0 Å². The second-order valence-electron chi connectivity index (χ2n) is 6.79. The molecule has 0 aromatic carbocycles. The molecule has 0 spiro atoms. The van der Waals surface area contributed by atoms with Gasteiger partial charge in [-0.15, -0.1) is 24.0 Å². The summed E-state index contributed by atoms with van der Waals surface area (Å²) < 4.78 is 5.09. The van der Waals surface area contributed by atoms with Gasteiger partial charge in [0.05, 0.1) is 0 Å². The first kappa shape index (κ1) is 22.9. The average molecular weight is 440 g/mol. The van der Waals surface area contributed by atoms with Gasteiger partial charge in [-0.2, -0.15) is 0 Å². The number of aliphatic imine (C=N–C) groups is 1. The Kier molecular flexibility index (Phi) is 13.2. The van der Waals surface area contributed by atoms with E-state index in [1.165, 1.54) is 25.7 Å². The fourth-order valence-electron chi connectivity index (χ4n) is 2.95. The summed E-state index contributed by atoms with van der Waals surface area (Å²) in [6.45, 7) is 10.2. The van der Waals surface area contributed by atoms with Crippen LogP contribution >= 0.6 is 24.0 Å². The van der Waals surface area contributed by atoms with Gasteiger partial charge in [0.1, 0.15) is 0 Å². The molecular weight excluding hydrogens is 403 g/mol. The van der Waals surface area contributed by atoms with Gasteiger partial charge in [-0.1, -0.05) is 19.8 Å². The first-order valence-corrected chi connectivity index (χ1v) is 8.79. The quantitative estimate of drug-likeness (QED) is 0.237. The van der Waals surface area contributed by atoms with E-state index < -0.39 is 0 Å². The summed E-state index contributed by atoms with van der Waals surface area (Å²) >= 11 is 0. The van der Waals surface area contributed by atoms with Crippen LogP contribution in [0, 0.1) is 5.41 Å². The molecule has 0 aliphatic heterocycles. The third-order valence-electron chi connectivity index (χ3n) is 4.45. The Morgan fingerprint density at radius 1 is 1.22 bits per heavy atom. The van der Waals surface area contributed by atoms with E-state index in [1.807, 2.05) is 0 Å². The van der Waals surface area contributed by atoms with Crippen LogP contribution in [0.3, 0.4) is 0 Å². The SMILES string of the molecule is CCNC(=NCC1(C)CCCC1)NCCN(C)CCCOC.I. The zero-order valence-electron chi connectivity index (χ0n) is 15.5. The Morgan fingerprint density at radius 2 is 1.91 bits per heavy atom. The number of ether oxygens (including phenoxy) is 1. The maximum absolute atomic E-state index is 5.09. The molecule has 0 heterocycles. The zero-order valence-corrected chi connectivity index (χ0v) is 17.8. The van der Waals surface area contributed by atoms with E-state index in [0.717, 1.165) is 51.7 Å². The van der Waals surface area contributed by atoms with Gasteiger partial charge in [0.15, 0.2) is 5.96 Å². The van der Waals surface area contributed by atoms with E-state index in [0.29, 0.717) is 5.41 Å². The number of nitrogens with one attached hydrogen (secondary N) is 2. The van der Waals surface area contributed by atoms with Gasteiger partial charge < -0.3 is 20.3 Å². The van der Waals surface area contributed by atoms with Crippen molar-refractivity contribution >= 4 is 29.9 Å². The van der Waals surface area contributed by atoms with Crippen molar-refractivity contribution in [2.45, 2.75) is 46.0 Å². The van der Waals surface area contributed by atoms with Gasteiger partial charge in [-0.3, -0.25) is 4.99 Å². The van der Waals surface area contributed by atoms with Crippen molar-refractivity contribution in [1.82, 2.24) is 15.5 Å². The predicted octanol–water partition coefficient (Wildman–Crippen LogP) is 2.71. The Morgan fingerprint density at radius 3 is 2.52 bits per heavy atom. The molecule has 0 atom stereocenters. The van der Waals surface area contributed by atoms with Crippen LogP contribution in [-0.4, -0.2) is 64.3 Å². The summed E-state index contributed by atoms with van der Waals surface area (Å²) in [5.74, 6) is 0.959. The van der Waals surface area contributed by atoms with E-state index >= 15 is 0 Å². The first-order valence-electron chi connectivity index (χ1n) is 8.79. The number of hydrogen-bond donors (Lipinski definition) is 2. The highest BCUT2D eigenvalue weighted by Crippen LogP contribution is 2.37. The summed E-state index contributed by atoms with van der Waals surface area (Å²) in [5.41, 5.74) is 0.416. The fourth-order valence-corrected chi connectivity index (χ4v) is 2.95. The molecule has 0 radical (unpaired) electrons. The number of likely N-dealkylation sites (N-methyl/N-ethyl adjacent to an activating group) is 1. The third kappa shape index (κ3) is 10.4. The van der Waals surface area contributed by atoms with Crippen LogP contribution in [0.1, 0.15) is 46.0 Å². The molecule has 0 unspecified atom stereocenters. The smallest absolute Gasteiger partial charge is 0.191 e. The molecule has 0 aromatic heterocycles. The standard InChI is InChI=1S/C17H36N4O.HI/c1-5-18-16(20-15-17(2)9-6-7-10-17)19-11-13-21(3)12-8-14-22-4;/h5-15H2,1-4H3,(H2,18,19,20);1H. The highest BCUT2D eigenvalue weighted by molar-refractivity contribution is 14.0. The van der Waals surface area contributed by atoms with Gasteiger partial charge in [0.25, 0.3) is 0 Å². The summed E-state index contributed by atoms with van der Waals surface area (Å²) in [4.78, 5) is 7.12. The van der Waals surface area contributed by atoms with E-state index in [9.17, 15) is 0 Å². The van der Waals surface area contributed by atoms with E-state index in [1.54, 1.807) is 7.11 Å². The maximum atomic E-state index is 5.09. The number of rotatable bonds is 10. The van der Waals surface area contributed by atoms with Crippen molar-refractivity contribution in [3.8, 4) is 0 Å². The summed E-state index contributed by atoms with van der Waals surface area (Å²) in [5, 5.41) is 6.80. The Labute approximate surface area is 160 Å². The van der Waals surface area contributed by atoms with Gasteiger partial charge in [-0.25, -0.2) is 0 Å². The summed E-state index contributed by atoms with van der Waals surface area (Å²) in [6, 6.07) is 0. The van der Waals surface area contributed by atoms with Crippen LogP contribution in [0.2, 0.25) is 0 Å². The predicted molar refractivity (Wildman–Crippen MR) is 110 cm³/mol. The fraction of sp³-hybridized carbons (Fsp3) is 0.941. The van der Waals surface area contributed by atoms with E-state index in [2.05, 4.69) is 36.4 Å². The third-order valence-corrected chi connectivity index (χ3v) is 4.45. The van der Waals surface area contributed by atoms with Crippen molar-refractivity contribution in [2.24, 2.45) is 10.4 Å². The molecule has 0 saturated heterocycles. The average Bonchev–Trinajstić information content (AvgIpc) is 2.92. The molecular formula is C17H37IN4O. The Bertz CT molecular complexity index is 320. The number of nitrogens with zero attached hydrogens (tertiary/aromatic N) is 2. The minimum Gasteiger partial charge on any atom is -0.385 e. The van der Waals surface area contributed by atoms with Crippen molar-refractivity contribution in [3.63, 3.8) is 0 Å². The molecule has 0 aromatic rings. The maximum Gasteiger partial charge on any atom is 0.191 e. The lowest BCUT2D eigenvalue weighted by Crippen LogP contribution is -2.41. The first-order chi connectivity index (χ1) is 10.6. The van der Waals surface area contributed by atoms with Crippen molar-refractivity contribution in [3.05, 3.63) is 0 Å². The summed E-state index contributed by atoms with van der Waals surface area (Å²) in [6.07, 6.45) is 6.44. The molecule has 1 rings (SSSR count). The second-order valence-corrected chi connectivity index (χ2v) is 6.79. The molecule has 23 heavy (non-hydrogen) atoms. The number of halogens is 1. The number of hydrogen-bond acceptors (Lipinski definition) is 3. The lowest BCUT2D eigenvalue weighted by atomic mass is 9.89. The van der Waals surface area contributed by atoms with Gasteiger partial charge in [-0.05, 0) is 38.6 Å². The highest BCUT2D eigenvalue weighted by Gasteiger charge is 2.28. The van der Waals surface area contributed by atoms with Crippen LogP contribution in [0.25, 0.3) is 0 Å². The van der Waals surface area contributed by atoms with Crippen LogP contribution in [-0.2, 0) is 4.74 Å². The Hall–Kier alpha value is -0.0800. The highest BCUT2D eigenvalue weighted by atomic mass is 127. The minimum atomic E-state index is 0. The topological polar surface area (TPSA) is 48.9 Å². The molecule has 6 heteroatoms. The van der Waals surface area contributed by atoms with E-state index in [4.69, 9.17) is 9.73 Å². The molecule has 1 aliphatic carbocycles. The largest absolute Gasteiger partial charge is 0.385 e. The number of guanidine groups is 1. The van der Waals surface area contributed by atoms with Crippen molar-refractivity contribution in [1.29, 1.82) is 0 Å². The van der Waals surface area contributed by atoms with Gasteiger partial charge in [0, 0.05) is 46.4 Å². The second kappa shape index (κ2) is 13.2. The lowest BCUT2D eigenvalue weighted by molar-refractivity contribution is 0.180. The molecule has 0 bridgehead atoms. The van der Waals surface area contributed by atoms with Crippen LogP contribution in [0.15, 0.2) is 4.99 Å².